The van der Waals surface area contributed by atoms with Crippen molar-refractivity contribution in [2.24, 2.45) is 10.7 Å². The van der Waals surface area contributed by atoms with Crippen molar-refractivity contribution in [2.45, 2.75) is 6.42 Å². The van der Waals surface area contributed by atoms with Gasteiger partial charge in [0.2, 0.25) is 0 Å². The molecule has 0 amide bonds. The van der Waals surface area contributed by atoms with E-state index in [4.69, 9.17) is 5.73 Å². The number of para-hydroxylation sites is 1. The molecule has 1 aliphatic heterocycles. The first-order valence-electron chi connectivity index (χ1n) is 8.55. The van der Waals surface area contributed by atoms with Gasteiger partial charge in [-0.3, -0.25) is 4.99 Å². The Morgan fingerprint density at radius 2 is 2.08 bits per heavy atom. The molecule has 0 bridgehead atoms. The lowest BCUT2D eigenvalue weighted by Gasteiger charge is -2.35. The van der Waals surface area contributed by atoms with E-state index >= 15 is 0 Å². The van der Waals surface area contributed by atoms with Crippen molar-refractivity contribution in [3.63, 3.8) is 0 Å². The fraction of sp³-hybridized carbons (Fsp3) is 0.333. The Labute approximate surface area is 151 Å². The Morgan fingerprint density at radius 1 is 1.24 bits per heavy atom. The van der Waals surface area contributed by atoms with Gasteiger partial charge in [-0.25, -0.2) is 4.98 Å². The molecule has 0 unspecified atom stereocenters. The Bertz CT molecular complexity index is 812. The molecular formula is C18H22N6S. The zero-order valence-electron chi connectivity index (χ0n) is 14.1. The number of anilines is 1. The molecule has 25 heavy (non-hydrogen) atoms. The summed E-state index contributed by atoms with van der Waals surface area (Å²) in [4.78, 5) is 16.8. The normalized spacial score (nSPS) is 15.9. The summed E-state index contributed by atoms with van der Waals surface area (Å²) in [6, 6.07) is 10.5. The van der Waals surface area contributed by atoms with Crippen LogP contribution in [0.5, 0.6) is 0 Å². The van der Waals surface area contributed by atoms with Crippen LogP contribution in [-0.4, -0.2) is 53.6 Å². The Hall–Kier alpha value is -2.54. The van der Waals surface area contributed by atoms with Crippen LogP contribution in [0.25, 0.3) is 10.9 Å². The number of fused-ring (bicyclic) bond motifs is 1. The summed E-state index contributed by atoms with van der Waals surface area (Å²) in [6.45, 7) is 4.35. The summed E-state index contributed by atoms with van der Waals surface area (Å²) in [5, 5.41) is 4.35. The lowest BCUT2D eigenvalue weighted by molar-refractivity contribution is 0.380. The van der Waals surface area contributed by atoms with E-state index in [-0.39, 0.29) is 0 Å². The smallest absolute Gasteiger partial charge is 0.191 e. The minimum Gasteiger partial charge on any atom is -0.370 e. The molecule has 4 rings (SSSR count). The maximum Gasteiger partial charge on any atom is 0.191 e. The summed E-state index contributed by atoms with van der Waals surface area (Å²) in [6.07, 6.45) is 2.72. The van der Waals surface area contributed by atoms with Crippen molar-refractivity contribution in [2.75, 3.05) is 37.6 Å². The first-order valence-corrected chi connectivity index (χ1v) is 9.43. The summed E-state index contributed by atoms with van der Waals surface area (Å²) < 4.78 is 0. The van der Waals surface area contributed by atoms with Gasteiger partial charge in [0.25, 0.3) is 0 Å². The SMILES string of the molecule is NC(=NCCc1cc2ccccc2[nH]1)N1CCN(c2nccs2)CC1. The maximum atomic E-state index is 6.19. The Morgan fingerprint density at radius 3 is 2.84 bits per heavy atom. The quantitative estimate of drug-likeness (QED) is 0.557. The number of guanidine groups is 1. The second-order valence-electron chi connectivity index (χ2n) is 6.16. The van der Waals surface area contributed by atoms with Gasteiger partial charge >= 0.3 is 0 Å². The average molecular weight is 354 g/mol. The number of nitrogens with zero attached hydrogens (tertiary/aromatic N) is 4. The molecule has 130 valence electrons. The molecule has 2 aromatic heterocycles. The van der Waals surface area contributed by atoms with Crippen LogP contribution in [0.15, 0.2) is 46.9 Å². The fourth-order valence-corrected chi connectivity index (χ4v) is 3.85. The highest BCUT2D eigenvalue weighted by molar-refractivity contribution is 7.13. The first kappa shape index (κ1) is 16.0. The number of benzene rings is 1. The van der Waals surface area contributed by atoms with Crippen LogP contribution in [-0.2, 0) is 6.42 Å². The van der Waals surface area contributed by atoms with Crippen molar-refractivity contribution in [3.05, 3.63) is 47.6 Å². The van der Waals surface area contributed by atoms with Crippen LogP contribution in [0.3, 0.4) is 0 Å². The van der Waals surface area contributed by atoms with Crippen LogP contribution in [0.1, 0.15) is 5.69 Å². The molecule has 1 saturated heterocycles. The molecule has 0 atom stereocenters. The summed E-state index contributed by atoms with van der Waals surface area (Å²) in [5.41, 5.74) is 8.56. The molecule has 1 fully saturated rings. The molecule has 0 radical (unpaired) electrons. The van der Waals surface area contributed by atoms with Gasteiger partial charge in [0.05, 0.1) is 0 Å². The molecule has 3 aromatic rings. The summed E-state index contributed by atoms with van der Waals surface area (Å²) in [5.74, 6) is 0.648. The Balaban J connectivity index is 1.30. The van der Waals surface area contributed by atoms with Crippen LogP contribution in [0, 0.1) is 0 Å². The lowest BCUT2D eigenvalue weighted by Crippen LogP contribution is -2.51. The number of aliphatic imine (C=N–C) groups is 1. The van der Waals surface area contributed by atoms with Gasteiger partial charge in [-0.1, -0.05) is 18.2 Å². The average Bonchev–Trinajstić information content (AvgIpc) is 3.31. The number of thiazole rings is 1. The third-order valence-electron chi connectivity index (χ3n) is 4.53. The molecular weight excluding hydrogens is 332 g/mol. The number of nitrogens with one attached hydrogen (secondary N) is 1. The van der Waals surface area contributed by atoms with Crippen LogP contribution >= 0.6 is 11.3 Å². The minimum atomic E-state index is 0.648. The standard InChI is InChI=1S/C18H22N6S/c19-17(23-8-10-24(11-9-23)18-21-7-12-25-18)20-6-5-15-13-14-3-1-2-4-16(14)22-15/h1-4,7,12-13,22H,5-6,8-11H2,(H2,19,20). The van der Waals surface area contributed by atoms with E-state index in [0.29, 0.717) is 12.5 Å². The summed E-state index contributed by atoms with van der Waals surface area (Å²) in [7, 11) is 0. The molecule has 1 aliphatic rings. The maximum absolute atomic E-state index is 6.19. The number of H-pyrrole nitrogens is 1. The van der Waals surface area contributed by atoms with Gasteiger partial charge in [0.15, 0.2) is 11.1 Å². The predicted octanol–water partition coefficient (Wildman–Crippen LogP) is 2.30. The second-order valence-corrected chi connectivity index (χ2v) is 7.03. The molecule has 3 N–H and O–H groups in total. The molecule has 1 aromatic carbocycles. The highest BCUT2D eigenvalue weighted by Gasteiger charge is 2.19. The topological polar surface area (TPSA) is 73.5 Å². The zero-order valence-corrected chi connectivity index (χ0v) is 14.9. The molecule has 0 aliphatic carbocycles. The predicted molar refractivity (Wildman–Crippen MR) is 104 cm³/mol. The minimum absolute atomic E-state index is 0.648. The first-order chi connectivity index (χ1) is 12.3. The van der Waals surface area contributed by atoms with E-state index in [2.05, 4.69) is 49.0 Å². The molecule has 6 nitrogen and oxygen atoms in total. The lowest BCUT2D eigenvalue weighted by atomic mass is 10.2. The number of aromatic nitrogens is 2. The van der Waals surface area contributed by atoms with Gasteiger partial charge in [-0.15, -0.1) is 11.3 Å². The number of piperazine rings is 1. The zero-order chi connectivity index (χ0) is 17.1. The number of rotatable bonds is 4. The number of nitrogens with two attached hydrogens (primary N) is 1. The van der Waals surface area contributed by atoms with Crippen molar-refractivity contribution >= 4 is 33.3 Å². The molecule has 0 saturated carbocycles. The van der Waals surface area contributed by atoms with E-state index in [9.17, 15) is 0 Å². The third kappa shape index (κ3) is 3.61. The van der Waals surface area contributed by atoms with Crippen LogP contribution in [0.4, 0.5) is 5.13 Å². The second kappa shape index (κ2) is 7.14. The van der Waals surface area contributed by atoms with Gasteiger partial charge in [0, 0.05) is 61.9 Å². The molecule has 0 spiro atoms. The largest absolute Gasteiger partial charge is 0.370 e. The van der Waals surface area contributed by atoms with Gasteiger partial charge in [-0.2, -0.15) is 0 Å². The Kier molecular flexibility index (Phi) is 4.56. The molecule has 7 heteroatoms. The van der Waals surface area contributed by atoms with E-state index in [1.165, 1.54) is 16.6 Å². The van der Waals surface area contributed by atoms with Gasteiger partial charge < -0.3 is 20.5 Å². The monoisotopic (exact) mass is 354 g/mol. The van der Waals surface area contributed by atoms with E-state index in [1.807, 2.05) is 17.6 Å². The molecule has 3 heterocycles. The fourth-order valence-electron chi connectivity index (χ4n) is 3.16. The van der Waals surface area contributed by atoms with Crippen molar-refractivity contribution < 1.29 is 0 Å². The third-order valence-corrected chi connectivity index (χ3v) is 5.37. The van der Waals surface area contributed by atoms with E-state index in [1.54, 1.807) is 11.3 Å². The van der Waals surface area contributed by atoms with E-state index < -0.39 is 0 Å². The highest BCUT2D eigenvalue weighted by atomic mass is 32.1. The number of hydrogen-bond donors (Lipinski definition) is 2. The van der Waals surface area contributed by atoms with Crippen LogP contribution in [0.2, 0.25) is 0 Å². The number of aromatic amines is 1. The van der Waals surface area contributed by atoms with Crippen molar-refractivity contribution in [1.29, 1.82) is 0 Å². The number of hydrogen-bond acceptors (Lipinski definition) is 4. The van der Waals surface area contributed by atoms with Crippen molar-refractivity contribution in [1.82, 2.24) is 14.9 Å². The van der Waals surface area contributed by atoms with Crippen molar-refractivity contribution in [3.8, 4) is 0 Å². The summed E-state index contributed by atoms with van der Waals surface area (Å²) >= 11 is 1.68. The van der Waals surface area contributed by atoms with E-state index in [0.717, 1.165) is 37.7 Å². The highest BCUT2D eigenvalue weighted by Crippen LogP contribution is 2.19. The van der Waals surface area contributed by atoms with Gasteiger partial charge in [0.1, 0.15) is 0 Å². The van der Waals surface area contributed by atoms with Crippen LogP contribution < -0.4 is 10.6 Å². The van der Waals surface area contributed by atoms with Gasteiger partial charge in [-0.05, 0) is 17.5 Å².